The lowest BCUT2D eigenvalue weighted by Gasteiger charge is -2.49. The monoisotopic (exact) mass is 494 g/mol. The summed E-state index contributed by atoms with van der Waals surface area (Å²) in [5.41, 5.74) is 2.11. The SMILES string of the molecule is CCS[C@H]1[C@@H](OCc2ccccc2)[C@@H]2OC(c3ccccc3)OC[C@H]2O[C@@H]1Sc1ccccc1. The molecule has 2 saturated heterocycles. The first-order valence-electron chi connectivity index (χ1n) is 11.8. The van der Waals surface area contributed by atoms with Crippen molar-refractivity contribution >= 4 is 23.5 Å². The zero-order chi connectivity index (χ0) is 23.2. The van der Waals surface area contributed by atoms with Gasteiger partial charge >= 0.3 is 0 Å². The lowest BCUT2D eigenvalue weighted by Crippen LogP contribution is -2.60. The molecular formula is C28H30O4S2. The van der Waals surface area contributed by atoms with Crippen molar-refractivity contribution in [1.29, 1.82) is 0 Å². The Morgan fingerprint density at radius 1 is 0.853 bits per heavy atom. The fourth-order valence-electron chi connectivity index (χ4n) is 4.38. The number of fused-ring (bicyclic) bond motifs is 1. The quantitative estimate of drug-likeness (QED) is 0.365. The van der Waals surface area contributed by atoms with Gasteiger partial charge in [-0.25, -0.2) is 0 Å². The highest BCUT2D eigenvalue weighted by Crippen LogP contribution is 2.44. The average molecular weight is 495 g/mol. The molecule has 34 heavy (non-hydrogen) atoms. The average Bonchev–Trinajstić information content (AvgIpc) is 2.90. The molecule has 0 radical (unpaired) electrons. The highest BCUT2D eigenvalue weighted by Gasteiger charge is 2.50. The molecule has 0 aliphatic carbocycles. The Hall–Kier alpha value is -1.80. The third-order valence-corrected chi connectivity index (χ3v) is 8.58. The van der Waals surface area contributed by atoms with Crippen LogP contribution in [0.2, 0.25) is 0 Å². The van der Waals surface area contributed by atoms with Gasteiger partial charge in [0.1, 0.15) is 23.7 Å². The van der Waals surface area contributed by atoms with E-state index in [4.69, 9.17) is 18.9 Å². The van der Waals surface area contributed by atoms with Gasteiger partial charge in [-0.3, -0.25) is 0 Å². The summed E-state index contributed by atoms with van der Waals surface area (Å²) in [5.74, 6) is 0.973. The van der Waals surface area contributed by atoms with Crippen LogP contribution in [0.1, 0.15) is 24.3 Å². The fourth-order valence-corrected chi connectivity index (χ4v) is 6.88. The second-order valence-corrected chi connectivity index (χ2v) is 11.0. The smallest absolute Gasteiger partial charge is 0.184 e. The predicted octanol–water partition coefficient (Wildman–Crippen LogP) is 6.32. The zero-order valence-electron chi connectivity index (χ0n) is 19.2. The topological polar surface area (TPSA) is 36.9 Å². The van der Waals surface area contributed by atoms with Crippen molar-refractivity contribution in [3.05, 3.63) is 102 Å². The van der Waals surface area contributed by atoms with E-state index in [0.717, 1.165) is 16.9 Å². The third-order valence-electron chi connectivity index (χ3n) is 6.00. The Morgan fingerprint density at radius 2 is 1.53 bits per heavy atom. The molecule has 6 heteroatoms. The highest BCUT2D eigenvalue weighted by atomic mass is 32.2. The van der Waals surface area contributed by atoms with Gasteiger partial charge in [-0.05, 0) is 23.4 Å². The molecule has 0 N–H and O–H groups in total. The molecule has 2 aliphatic rings. The van der Waals surface area contributed by atoms with Gasteiger partial charge in [0, 0.05) is 10.5 Å². The molecule has 178 valence electrons. The summed E-state index contributed by atoms with van der Waals surface area (Å²) in [7, 11) is 0. The fraction of sp³-hybridized carbons (Fsp3) is 0.357. The molecule has 1 unspecified atom stereocenters. The number of benzene rings is 3. The molecule has 2 aliphatic heterocycles. The minimum absolute atomic E-state index is 0.0603. The van der Waals surface area contributed by atoms with Crippen molar-refractivity contribution in [2.75, 3.05) is 12.4 Å². The largest absolute Gasteiger partial charge is 0.369 e. The van der Waals surface area contributed by atoms with E-state index in [0.29, 0.717) is 13.2 Å². The van der Waals surface area contributed by atoms with Crippen LogP contribution in [0.15, 0.2) is 95.9 Å². The molecule has 0 spiro atoms. The molecule has 0 bridgehead atoms. The number of ether oxygens (including phenoxy) is 4. The van der Waals surface area contributed by atoms with Crippen LogP contribution >= 0.6 is 23.5 Å². The van der Waals surface area contributed by atoms with E-state index in [2.05, 4.69) is 43.3 Å². The molecule has 3 aromatic rings. The van der Waals surface area contributed by atoms with Gasteiger partial charge in [0.15, 0.2) is 6.29 Å². The van der Waals surface area contributed by atoms with Crippen LogP contribution in [0, 0.1) is 0 Å². The normalized spacial score (nSPS) is 28.9. The summed E-state index contributed by atoms with van der Waals surface area (Å²) in [6, 6.07) is 30.9. The Kier molecular flexibility index (Phi) is 8.27. The maximum absolute atomic E-state index is 6.66. The van der Waals surface area contributed by atoms with Gasteiger partial charge in [0.2, 0.25) is 0 Å². The van der Waals surface area contributed by atoms with Gasteiger partial charge in [-0.2, -0.15) is 11.8 Å². The van der Waals surface area contributed by atoms with E-state index in [9.17, 15) is 0 Å². The number of thioether (sulfide) groups is 2. The molecule has 0 saturated carbocycles. The van der Waals surface area contributed by atoms with E-state index < -0.39 is 6.29 Å². The first kappa shape index (κ1) is 23.9. The van der Waals surface area contributed by atoms with Crippen LogP contribution in [-0.4, -0.2) is 41.4 Å². The van der Waals surface area contributed by atoms with Gasteiger partial charge in [0.25, 0.3) is 0 Å². The third kappa shape index (κ3) is 5.70. The molecular weight excluding hydrogens is 464 g/mol. The van der Waals surface area contributed by atoms with Crippen molar-refractivity contribution in [3.63, 3.8) is 0 Å². The number of rotatable bonds is 8. The van der Waals surface area contributed by atoms with Crippen molar-refractivity contribution in [2.24, 2.45) is 0 Å². The lowest BCUT2D eigenvalue weighted by atomic mass is 10.00. The molecule has 0 aromatic heterocycles. The zero-order valence-corrected chi connectivity index (χ0v) is 20.8. The molecule has 6 atom stereocenters. The van der Waals surface area contributed by atoms with Gasteiger partial charge < -0.3 is 18.9 Å². The summed E-state index contributed by atoms with van der Waals surface area (Å²) in [6.45, 7) is 3.20. The van der Waals surface area contributed by atoms with Crippen LogP contribution in [0.4, 0.5) is 0 Å². The van der Waals surface area contributed by atoms with Crippen molar-refractivity contribution < 1.29 is 18.9 Å². The van der Waals surface area contributed by atoms with Crippen LogP contribution in [0.3, 0.4) is 0 Å². The lowest BCUT2D eigenvalue weighted by molar-refractivity contribution is -0.306. The Bertz CT molecular complexity index is 1000. The maximum atomic E-state index is 6.66. The van der Waals surface area contributed by atoms with Crippen LogP contribution in [-0.2, 0) is 25.6 Å². The van der Waals surface area contributed by atoms with E-state index in [1.165, 1.54) is 4.90 Å². The Morgan fingerprint density at radius 3 is 2.24 bits per heavy atom. The second kappa shape index (κ2) is 11.8. The van der Waals surface area contributed by atoms with E-state index in [1.807, 2.05) is 66.4 Å². The molecule has 4 nitrogen and oxygen atoms in total. The summed E-state index contributed by atoms with van der Waals surface area (Å²) in [4.78, 5) is 1.19. The van der Waals surface area contributed by atoms with Gasteiger partial charge in [0.05, 0.1) is 18.5 Å². The van der Waals surface area contributed by atoms with Crippen molar-refractivity contribution in [1.82, 2.24) is 0 Å². The highest BCUT2D eigenvalue weighted by molar-refractivity contribution is 8.03. The van der Waals surface area contributed by atoms with E-state index >= 15 is 0 Å². The van der Waals surface area contributed by atoms with Gasteiger partial charge in [-0.1, -0.05) is 97.5 Å². The molecule has 0 amide bonds. The second-order valence-electron chi connectivity index (χ2n) is 8.33. The van der Waals surface area contributed by atoms with E-state index in [-0.39, 0.29) is 29.0 Å². The van der Waals surface area contributed by atoms with E-state index in [1.54, 1.807) is 11.8 Å². The maximum Gasteiger partial charge on any atom is 0.184 e. The van der Waals surface area contributed by atoms with Crippen molar-refractivity contribution in [2.45, 2.75) is 53.7 Å². The first-order valence-corrected chi connectivity index (χ1v) is 13.7. The van der Waals surface area contributed by atoms with Crippen LogP contribution in [0.25, 0.3) is 0 Å². The van der Waals surface area contributed by atoms with Crippen molar-refractivity contribution in [3.8, 4) is 0 Å². The minimum Gasteiger partial charge on any atom is -0.369 e. The van der Waals surface area contributed by atoms with Crippen LogP contribution < -0.4 is 0 Å². The summed E-state index contributed by atoms with van der Waals surface area (Å²) in [6.07, 6.45) is -0.935. The number of hydrogen-bond acceptors (Lipinski definition) is 6. The standard InChI is InChI=1S/C28H30O4S2/c1-2-33-26-25(29-18-20-12-6-3-7-13-20)24-23(31-28(26)34-22-16-10-5-11-17-22)19-30-27(32-24)21-14-8-4-9-15-21/h3-17,23-28H,2,18-19H2,1H3/t23-,24-,25+,26+,27?,28-/m1/s1. The minimum atomic E-state index is -0.417. The first-order chi connectivity index (χ1) is 16.8. The number of hydrogen-bond donors (Lipinski definition) is 0. The van der Waals surface area contributed by atoms with Crippen LogP contribution in [0.5, 0.6) is 0 Å². The Balaban J connectivity index is 1.41. The molecule has 3 aromatic carbocycles. The molecule has 2 fully saturated rings. The molecule has 5 rings (SSSR count). The summed E-state index contributed by atoms with van der Waals surface area (Å²) < 4.78 is 26.0. The predicted molar refractivity (Wildman–Crippen MR) is 138 cm³/mol. The summed E-state index contributed by atoms with van der Waals surface area (Å²) in [5, 5.41) is 0.120. The Labute approximate surface area is 210 Å². The van der Waals surface area contributed by atoms with Gasteiger partial charge in [-0.15, -0.1) is 0 Å². The molecule has 2 heterocycles. The summed E-state index contributed by atoms with van der Waals surface area (Å²) >= 11 is 3.64.